The zero-order chi connectivity index (χ0) is 17.0. The van der Waals surface area contributed by atoms with Crippen LogP contribution in [0.5, 0.6) is 5.88 Å². The molecule has 9 heteroatoms. The van der Waals surface area contributed by atoms with Crippen LogP contribution in [0.1, 0.15) is 12.6 Å². The Morgan fingerprint density at radius 2 is 2.09 bits per heavy atom. The molecular formula is C14H15F3N4O2. The second kappa shape index (κ2) is 6.67. The van der Waals surface area contributed by atoms with Crippen molar-refractivity contribution in [3.8, 4) is 5.88 Å². The van der Waals surface area contributed by atoms with E-state index in [4.69, 9.17) is 4.74 Å². The van der Waals surface area contributed by atoms with Gasteiger partial charge in [0.25, 0.3) is 0 Å². The fraction of sp³-hybridized carbons (Fsp3) is 0.357. The Morgan fingerprint density at radius 3 is 2.57 bits per heavy atom. The summed E-state index contributed by atoms with van der Waals surface area (Å²) in [6.07, 6.45) is -1.94. The molecule has 2 heterocycles. The average molecular weight is 328 g/mol. The van der Waals surface area contributed by atoms with Crippen molar-refractivity contribution >= 4 is 11.6 Å². The van der Waals surface area contributed by atoms with Gasteiger partial charge >= 0.3 is 6.18 Å². The zero-order valence-electron chi connectivity index (χ0n) is 12.5. The van der Waals surface area contributed by atoms with Gasteiger partial charge in [0, 0.05) is 18.8 Å². The molecule has 0 atom stereocenters. The molecule has 0 aromatic carbocycles. The second-order valence-electron chi connectivity index (χ2n) is 4.59. The first-order valence-corrected chi connectivity index (χ1v) is 6.76. The summed E-state index contributed by atoms with van der Waals surface area (Å²) in [5.74, 6) is 0.00967. The molecule has 0 unspecified atom stereocenters. The van der Waals surface area contributed by atoms with E-state index < -0.39 is 17.8 Å². The fourth-order valence-corrected chi connectivity index (χ4v) is 1.98. The summed E-state index contributed by atoms with van der Waals surface area (Å²) in [4.78, 5) is 17.7. The molecule has 0 aliphatic carbocycles. The molecule has 2 rings (SSSR count). The van der Waals surface area contributed by atoms with Crippen molar-refractivity contribution in [2.45, 2.75) is 19.6 Å². The molecule has 0 spiro atoms. The standard InChI is InChI=1S/C14H15F3N4O2/c1-3-21(10-4-5-12(23-2)18-8-10)13(22)9-20-7-6-11(19-20)14(15,16)17/h4-8H,3,9H2,1-2H3. The van der Waals surface area contributed by atoms with Crippen molar-refractivity contribution in [3.63, 3.8) is 0 Å². The van der Waals surface area contributed by atoms with Crippen LogP contribution in [0, 0.1) is 0 Å². The smallest absolute Gasteiger partial charge is 0.435 e. The third kappa shape index (κ3) is 3.99. The van der Waals surface area contributed by atoms with Crippen LogP contribution in [0.3, 0.4) is 0 Å². The van der Waals surface area contributed by atoms with E-state index in [1.807, 2.05) is 0 Å². The van der Waals surface area contributed by atoms with Crippen molar-refractivity contribution in [1.82, 2.24) is 14.8 Å². The van der Waals surface area contributed by atoms with Crippen molar-refractivity contribution < 1.29 is 22.7 Å². The maximum absolute atomic E-state index is 12.5. The molecule has 0 bridgehead atoms. The van der Waals surface area contributed by atoms with Gasteiger partial charge in [-0.25, -0.2) is 4.98 Å². The molecule has 2 aromatic rings. The number of nitrogens with zero attached hydrogens (tertiary/aromatic N) is 4. The van der Waals surface area contributed by atoms with Gasteiger partial charge in [0.1, 0.15) is 6.54 Å². The summed E-state index contributed by atoms with van der Waals surface area (Å²) in [6, 6.07) is 4.08. The third-order valence-corrected chi connectivity index (χ3v) is 3.09. The Bertz CT molecular complexity index is 667. The summed E-state index contributed by atoms with van der Waals surface area (Å²) in [5, 5.41) is 3.37. The highest BCUT2D eigenvalue weighted by molar-refractivity contribution is 5.92. The number of anilines is 1. The van der Waals surface area contributed by atoms with E-state index in [-0.39, 0.29) is 6.54 Å². The highest BCUT2D eigenvalue weighted by Crippen LogP contribution is 2.27. The number of rotatable bonds is 5. The molecule has 0 radical (unpaired) electrons. The number of hydrogen-bond donors (Lipinski definition) is 0. The normalized spacial score (nSPS) is 11.3. The maximum atomic E-state index is 12.5. The third-order valence-electron chi connectivity index (χ3n) is 3.09. The van der Waals surface area contributed by atoms with Gasteiger partial charge in [0.05, 0.1) is 19.0 Å². The van der Waals surface area contributed by atoms with Gasteiger partial charge in [-0.05, 0) is 19.1 Å². The molecule has 0 fully saturated rings. The van der Waals surface area contributed by atoms with Crippen LogP contribution in [-0.4, -0.2) is 34.3 Å². The molecule has 0 aliphatic rings. The van der Waals surface area contributed by atoms with Gasteiger partial charge in [0.2, 0.25) is 11.8 Å². The van der Waals surface area contributed by atoms with Crippen LogP contribution in [0.4, 0.5) is 18.9 Å². The second-order valence-corrected chi connectivity index (χ2v) is 4.59. The number of alkyl halides is 3. The molecule has 124 valence electrons. The van der Waals surface area contributed by atoms with Crippen molar-refractivity contribution in [1.29, 1.82) is 0 Å². The minimum Gasteiger partial charge on any atom is -0.481 e. The molecule has 0 aliphatic heterocycles. The van der Waals surface area contributed by atoms with Gasteiger partial charge in [0.15, 0.2) is 5.69 Å². The lowest BCUT2D eigenvalue weighted by Gasteiger charge is -2.20. The van der Waals surface area contributed by atoms with Crippen molar-refractivity contribution in [2.75, 3.05) is 18.6 Å². The van der Waals surface area contributed by atoms with Gasteiger partial charge in [-0.2, -0.15) is 18.3 Å². The summed E-state index contributed by atoms with van der Waals surface area (Å²) in [6.45, 7) is 1.81. The first-order valence-electron chi connectivity index (χ1n) is 6.76. The highest BCUT2D eigenvalue weighted by atomic mass is 19.4. The number of ether oxygens (including phenoxy) is 1. The minimum absolute atomic E-state index is 0.296. The van der Waals surface area contributed by atoms with Crippen LogP contribution in [-0.2, 0) is 17.5 Å². The van der Waals surface area contributed by atoms with E-state index in [0.29, 0.717) is 18.1 Å². The molecule has 2 aromatic heterocycles. The van der Waals surface area contributed by atoms with E-state index in [1.54, 1.807) is 19.1 Å². The van der Waals surface area contributed by atoms with Crippen LogP contribution in [0.25, 0.3) is 0 Å². The van der Waals surface area contributed by atoms with Gasteiger partial charge in [-0.3, -0.25) is 9.48 Å². The van der Waals surface area contributed by atoms with E-state index >= 15 is 0 Å². The number of hydrogen-bond acceptors (Lipinski definition) is 4. The Hall–Kier alpha value is -2.58. The average Bonchev–Trinajstić information content (AvgIpc) is 2.97. The molecule has 23 heavy (non-hydrogen) atoms. The monoisotopic (exact) mass is 328 g/mol. The summed E-state index contributed by atoms with van der Waals surface area (Å²) in [7, 11) is 1.47. The van der Waals surface area contributed by atoms with Crippen molar-refractivity contribution in [2.24, 2.45) is 0 Å². The Balaban J connectivity index is 2.12. The predicted octanol–water partition coefficient (Wildman–Crippen LogP) is 2.36. The summed E-state index contributed by atoms with van der Waals surface area (Å²) < 4.78 is 43.4. The number of carbonyl (C=O) groups excluding carboxylic acids is 1. The summed E-state index contributed by atoms with van der Waals surface area (Å²) >= 11 is 0. The number of methoxy groups -OCH3 is 1. The lowest BCUT2D eigenvalue weighted by atomic mass is 10.3. The van der Waals surface area contributed by atoms with Crippen molar-refractivity contribution in [3.05, 3.63) is 36.3 Å². The first kappa shape index (κ1) is 16.8. The zero-order valence-corrected chi connectivity index (χ0v) is 12.5. The molecular weight excluding hydrogens is 313 g/mol. The van der Waals surface area contributed by atoms with Crippen LogP contribution >= 0.6 is 0 Å². The number of aromatic nitrogens is 3. The highest BCUT2D eigenvalue weighted by Gasteiger charge is 2.33. The van der Waals surface area contributed by atoms with Gasteiger partial charge < -0.3 is 9.64 Å². The van der Waals surface area contributed by atoms with Gasteiger partial charge in [-0.1, -0.05) is 0 Å². The number of likely N-dealkylation sites (N-methyl/N-ethyl adjacent to an activating group) is 1. The SMILES string of the molecule is CCN(C(=O)Cn1ccc(C(F)(F)F)n1)c1ccc(OC)nc1. The lowest BCUT2D eigenvalue weighted by molar-refractivity contribution is -0.141. The molecule has 6 nitrogen and oxygen atoms in total. The molecule has 0 saturated carbocycles. The van der Waals surface area contributed by atoms with Crippen LogP contribution < -0.4 is 9.64 Å². The van der Waals surface area contributed by atoms with Crippen LogP contribution in [0.15, 0.2) is 30.6 Å². The Kier molecular flexibility index (Phi) is 4.87. The Labute approximate surface area is 130 Å². The molecule has 0 N–H and O–H groups in total. The first-order chi connectivity index (χ1) is 10.8. The topological polar surface area (TPSA) is 60.2 Å². The quantitative estimate of drug-likeness (QED) is 0.845. The van der Waals surface area contributed by atoms with E-state index in [2.05, 4.69) is 10.1 Å². The van der Waals surface area contributed by atoms with Gasteiger partial charge in [-0.15, -0.1) is 0 Å². The fourth-order valence-electron chi connectivity index (χ4n) is 1.98. The molecule has 1 amide bonds. The van der Waals surface area contributed by atoms with E-state index in [9.17, 15) is 18.0 Å². The minimum atomic E-state index is -4.53. The predicted molar refractivity (Wildman–Crippen MR) is 76.0 cm³/mol. The molecule has 0 saturated heterocycles. The summed E-state index contributed by atoms with van der Waals surface area (Å²) in [5.41, 5.74) is -0.499. The largest absolute Gasteiger partial charge is 0.481 e. The van der Waals surface area contributed by atoms with E-state index in [1.165, 1.54) is 18.2 Å². The van der Waals surface area contributed by atoms with Crippen LogP contribution in [0.2, 0.25) is 0 Å². The number of carbonyl (C=O) groups is 1. The maximum Gasteiger partial charge on any atom is 0.435 e. The number of halogens is 3. The Morgan fingerprint density at radius 1 is 1.35 bits per heavy atom. The van der Waals surface area contributed by atoms with E-state index in [0.717, 1.165) is 16.9 Å². The number of amides is 1. The lowest BCUT2D eigenvalue weighted by Crippen LogP contribution is -2.34. The number of pyridine rings is 1.